The van der Waals surface area contributed by atoms with E-state index >= 15 is 0 Å². The third kappa shape index (κ3) is 4.76. The number of thioether (sulfide) groups is 1. The molecule has 0 spiro atoms. The zero-order valence-corrected chi connectivity index (χ0v) is 15.9. The molecule has 1 atom stereocenters. The van der Waals surface area contributed by atoms with Crippen LogP contribution in [0.25, 0.3) is 0 Å². The molecule has 2 heterocycles. The molecule has 1 aliphatic heterocycles. The van der Waals surface area contributed by atoms with Crippen molar-refractivity contribution in [2.75, 3.05) is 23.8 Å². The van der Waals surface area contributed by atoms with E-state index in [0.29, 0.717) is 36.4 Å². The highest BCUT2D eigenvalue weighted by Crippen LogP contribution is 2.33. The van der Waals surface area contributed by atoms with Crippen molar-refractivity contribution in [1.82, 2.24) is 10.2 Å². The first kappa shape index (κ1) is 17.8. The minimum Gasteiger partial charge on any atom is -0.486 e. The summed E-state index contributed by atoms with van der Waals surface area (Å²) < 4.78 is 11.8. The fourth-order valence-corrected chi connectivity index (χ4v) is 4.17. The van der Waals surface area contributed by atoms with Crippen molar-refractivity contribution < 1.29 is 14.3 Å². The Morgan fingerprint density at radius 2 is 1.96 bits per heavy atom. The van der Waals surface area contributed by atoms with Crippen molar-refractivity contribution in [2.45, 2.75) is 36.4 Å². The predicted octanol–water partition coefficient (Wildman–Crippen LogP) is 3.25. The number of fused-ring (bicyclic) bond motifs is 1. The number of amides is 1. The van der Waals surface area contributed by atoms with Crippen LogP contribution in [0.1, 0.15) is 20.8 Å². The Morgan fingerprint density at radius 3 is 2.72 bits per heavy atom. The molecule has 2 N–H and O–H groups in total. The maximum atomic E-state index is 12.4. The first-order chi connectivity index (χ1) is 12.0. The predicted molar refractivity (Wildman–Crippen MR) is 100 cm³/mol. The molecule has 0 saturated heterocycles. The molecule has 0 fully saturated rings. The van der Waals surface area contributed by atoms with Gasteiger partial charge in [-0.15, -0.1) is 10.2 Å². The molecule has 0 aliphatic carbocycles. The molecular weight excluding hydrogens is 360 g/mol. The molecule has 1 aromatic heterocycles. The second-order valence-electron chi connectivity index (χ2n) is 5.78. The van der Waals surface area contributed by atoms with Crippen molar-refractivity contribution in [3.8, 4) is 11.5 Å². The molecular formula is C16H20N4O3S2. The first-order valence-electron chi connectivity index (χ1n) is 7.98. The summed E-state index contributed by atoms with van der Waals surface area (Å²) in [6.07, 6.45) is 0. The zero-order valence-electron chi connectivity index (χ0n) is 14.2. The average molecular weight is 380 g/mol. The van der Waals surface area contributed by atoms with Crippen molar-refractivity contribution in [1.29, 1.82) is 0 Å². The maximum absolute atomic E-state index is 12.4. The number of aromatic nitrogens is 2. The average Bonchev–Trinajstić information content (AvgIpc) is 3.00. The molecule has 1 unspecified atom stereocenters. The summed E-state index contributed by atoms with van der Waals surface area (Å²) in [5, 5.41) is 14.7. The number of anilines is 2. The highest BCUT2D eigenvalue weighted by Gasteiger charge is 2.19. The number of carbonyl (C=O) groups is 1. The number of hydrogen-bond acceptors (Lipinski definition) is 8. The molecule has 134 valence electrons. The smallest absolute Gasteiger partial charge is 0.237 e. The lowest BCUT2D eigenvalue weighted by molar-refractivity contribution is -0.115. The van der Waals surface area contributed by atoms with Gasteiger partial charge in [0.15, 0.2) is 15.8 Å². The van der Waals surface area contributed by atoms with Crippen LogP contribution in [0.4, 0.5) is 10.8 Å². The van der Waals surface area contributed by atoms with Gasteiger partial charge in [-0.3, -0.25) is 4.79 Å². The lowest BCUT2D eigenvalue weighted by Gasteiger charge is -2.19. The summed E-state index contributed by atoms with van der Waals surface area (Å²) in [6, 6.07) is 5.68. The quantitative estimate of drug-likeness (QED) is 0.744. The lowest BCUT2D eigenvalue weighted by atomic mass is 10.2. The second-order valence-corrected chi connectivity index (χ2v) is 8.35. The zero-order chi connectivity index (χ0) is 17.8. The summed E-state index contributed by atoms with van der Waals surface area (Å²) >= 11 is 2.83. The fourth-order valence-electron chi connectivity index (χ4n) is 2.13. The SMILES string of the molecule is CC(C)Nc1nnc(SC(C)C(=O)Nc2ccc3c(c2)OCCO3)s1. The number of carbonyl (C=O) groups excluding carboxylic acids is 1. The van der Waals surface area contributed by atoms with Crippen LogP contribution in [0.15, 0.2) is 22.5 Å². The monoisotopic (exact) mass is 380 g/mol. The van der Waals surface area contributed by atoms with Gasteiger partial charge in [-0.05, 0) is 32.9 Å². The van der Waals surface area contributed by atoms with Crippen LogP contribution in [0.3, 0.4) is 0 Å². The number of nitrogens with one attached hydrogen (secondary N) is 2. The minimum absolute atomic E-state index is 0.102. The van der Waals surface area contributed by atoms with Gasteiger partial charge in [-0.2, -0.15) is 0 Å². The molecule has 1 aromatic carbocycles. The molecule has 0 bridgehead atoms. The third-order valence-corrected chi connectivity index (χ3v) is 5.31. The summed E-state index contributed by atoms with van der Waals surface area (Å²) in [4.78, 5) is 12.4. The van der Waals surface area contributed by atoms with Crippen molar-refractivity contribution in [2.24, 2.45) is 0 Å². The van der Waals surface area contributed by atoms with Crippen LogP contribution in [0.2, 0.25) is 0 Å². The van der Waals surface area contributed by atoms with Crippen LogP contribution in [-0.4, -0.2) is 40.6 Å². The Hall–Kier alpha value is -2.00. The highest BCUT2D eigenvalue weighted by atomic mass is 32.2. The molecule has 25 heavy (non-hydrogen) atoms. The summed E-state index contributed by atoms with van der Waals surface area (Å²) in [5.74, 6) is 1.25. The summed E-state index contributed by atoms with van der Waals surface area (Å²) in [5.41, 5.74) is 0.682. The van der Waals surface area contributed by atoms with Gasteiger partial charge in [-0.25, -0.2) is 0 Å². The molecule has 1 aliphatic rings. The van der Waals surface area contributed by atoms with E-state index < -0.39 is 0 Å². The van der Waals surface area contributed by atoms with Gasteiger partial charge in [0.25, 0.3) is 0 Å². The number of nitrogens with zero attached hydrogens (tertiary/aromatic N) is 2. The van der Waals surface area contributed by atoms with E-state index in [1.54, 1.807) is 18.2 Å². The molecule has 7 nitrogen and oxygen atoms in total. The summed E-state index contributed by atoms with van der Waals surface area (Å²) in [7, 11) is 0. The van der Waals surface area contributed by atoms with Gasteiger partial charge in [0.2, 0.25) is 11.0 Å². The molecule has 0 saturated carbocycles. The Kier molecular flexibility index (Phi) is 5.64. The topological polar surface area (TPSA) is 85.4 Å². The first-order valence-corrected chi connectivity index (χ1v) is 9.68. The van der Waals surface area contributed by atoms with E-state index in [1.807, 2.05) is 20.8 Å². The minimum atomic E-state index is -0.298. The number of ether oxygens (including phenoxy) is 2. The van der Waals surface area contributed by atoms with E-state index in [1.165, 1.54) is 23.1 Å². The van der Waals surface area contributed by atoms with E-state index in [9.17, 15) is 4.79 Å². The van der Waals surface area contributed by atoms with Crippen molar-refractivity contribution in [3.05, 3.63) is 18.2 Å². The largest absolute Gasteiger partial charge is 0.486 e. The number of benzene rings is 1. The van der Waals surface area contributed by atoms with Crippen LogP contribution < -0.4 is 20.1 Å². The Bertz CT molecular complexity index is 751. The van der Waals surface area contributed by atoms with Crippen LogP contribution in [-0.2, 0) is 4.79 Å². The van der Waals surface area contributed by atoms with Crippen LogP contribution in [0, 0.1) is 0 Å². The Morgan fingerprint density at radius 1 is 1.20 bits per heavy atom. The Labute approximate surface area is 154 Å². The highest BCUT2D eigenvalue weighted by molar-refractivity contribution is 8.02. The number of rotatable bonds is 6. The summed E-state index contributed by atoms with van der Waals surface area (Å²) in [6.45, 7) is 6.98. The van der Waals surface area contributed by atoms with Crippen molar-refractivity contribution in [3.63, 3.8) is 0 Å². The third-order valence-electron chi connectivity index (χ3n) is 3.28. The molecule has 3 rings (SSSR count). The second kappa shape index (κ2) is 7.92. The maximum Gasteiger partial charge on any atom is 0.237 e. The van der Waals surface area contributed by atoms with Gasteiger partial charge in [0.05, 0.1) is 5.25 Å². The van der Waals surface area contributed by atoms with Crippen LogP contribution in [0.5, 0.6) is 11.5 Å². The molecule has 0 radical (unpaired) electrons. The van der Waals surface area contributed by atoms with Crippen LogP contribution >= 0.6 is 23.1 Å². The van der Waals surface area contributed by atoms with Gasteiger partial charge in [-0.1, -0.05) is 23.1 Å². The van der Waals surface area contributed by atoms with E-state index in [2.05, 4.69) is 20.8 Å². The lowest BCUT2D eigenvalue weighted by Crippen LogP contribution is -2.22. The molecule has 1 amide bonds. The normalized spacial score (nSPS) is 14.2. The molecule has 9 heteroatoms. The fraction of sp³-hybridized carbons (Fsp3) is 0.438. The van der Waals surface area contributed by atoms with Gasteiger partial charge in [0, 0.05) is 17.8 Å². The van der Waals surface area contributed by atoms with Gasteiger partial charge >= 0.3 is 0 Å². The van der Waals surface area contributed by atoms with Gasteiger partial charge in [0.1, 0.15) is 13.2 Å². The number of hydrogen-bond donors (Lipinski definition) is 2. The molecule has 2 aromatic rings. The van der Waals surface area contributed by atoms with Crippen molar-refractivity contribution >= 4 is 39.8 Å². The van der Waals surface area contributed by atoms with E-state index in [4.69, 9.17) is 9.47 Å². The standard InChI is InChI=1S/C16H20N4O3S2/c1-9(2)17-15-19-20-16(25-15)24-10(3)14(21)18-11-4-5-12-13(8-11)23-7-6-22-12/h4-5,8-10H,6-7H2,1-3H3,(H,17,19)(H,18,21). The Balaban J connectivity index is 1.58. The van der Waals surface area contributed by atoms with Gasteiger partial charge < -0.3 is 20.1 Å². The van der Waals surface area contributed by atoms with E-state index in [0.717, 1.165) is 9.47 Å². The van der Waals surface area contributed by atoms with E-state index in [-0.39, 0.29) is 11.2 Å².